The summed E-state index contributed by atoms with van der Waals surface area (Å²) in [5, 5.41) is 8.53. The topological polar surface area (TPSA) is 27.0 Å². The van der Waals surface area contributed by atoms with E-state index < -0.39 is 0 Å². The summed E-state index contributed by atoms with van der Waals surface area (Å²) in [6.45, 7) is 6.22. The fourth-order valence-electron chi connectivity index (χ4n) is 2.04. The van der Waals surface area contributed by atoms with E-state index in [9.17, 15) is 0 Å². The third kappa shape index (κ3) is 1.72. The molecule has 0 N–H and O–H groups in total. The number of hydrogen-bond acceptors (Lipinski definition) is 2. The lowest BCUT2D eigenvalue weighted by molar-refractivity contribution is 0.250. The third-order valence-electron chi connectivity index (χ3n) is 2.69. The SMILES string of the molecule is CCC1C(C)CCN1CC#N. The van der Waals surface area contributed by atoms with Crippen molar-refractivity contribution in [2.45, 2.75) is 32.7 Å². The molecule has 1 saturated heterocycles. The van der Waals surface area contributed by atoms with Crippen molar-refractivity contribution in [1.29, 1.82) is 5.26 Å². The van der Waals surface area contributed by atoms with Crippen LogP contribution in [-0.2, 0) is 0 Å². The molecule has 2 unspecified atom stereocenters. The summed E-state index contributed by atoms with van der Waals surface area (Å²) >= 11 is 0. The summed E-state index contributed by atoms with van der Waals surface area (Å²) in [5.41, 5.74) is 0. The Bertz CT molecular complexity index is 159. The van der Waals surface area contributed by atoms with Crippen molar-refractivity contribution in [1.82, 2.24) is 4.90 Å². The molecular weight excluding hydrogens is 136 g/mol. The lowest BCUT2D eigenvalue weighted by Crippen LogP contribution is -2.31. The Balaban J connectivity index is 2.48. The Kier molecular flexibility index (Phi) is 2.90. The lowest BCUT2D eigenvalue weighted by atomic mass is 10.0. The highest BCUT2D eigenvalue weighted by Gasteiger charge is 2.28. The first-order chi connectivity index (χ1) is 5.29. The minimum atomic E-state index is 0.614. The molecule has 11 heavy (non-hydrogen) atoms. The van der Waals surface area contributed by atoms with Gasteiger partial charge in [-0.15, -0.1) is 0 Å². The molecule has 1 aliphatic heterocycles. The van der Waals surface area contributed by atoms with Crippen LogP contribution in [0.1, 0.15) is 26.7 Å². The van der Waals surface area contributed by atoms with E-state index in [1.165, 1.54) is 12.8 Å². The maximum Gasteiger partial charge on any atom is 0.0868 e. The fourth-order valence-corrected chi connectivity index (χ4v) is 2.04. The molecule has 0 aromatic carbocycles. The lowest BCUT2D eigenvalue weighted by Gasteiger charge is -2.22. The Morgan fingerprint density at radius 1 is 1.64 bits per heavy atom. The summed E-state index contributed by atoms with van der Waals surface area (Å²) in [5.74, 6) is 0.786. The second-order valence-corrected chi connectivity index (χ2v) is 3.37. The molecule has 1 heterocycles. The Morgan fingerprint density at radius 2 is 2.36 bits per heavy atom. The van der Waals surface area contributed by atoms with Crippen LogP contribution < -0.4 is 0 Å². The van der Waals surface area contributed by atoms with Gasteiger partial charge < -0.3 is 0 Å². The summed E-state index contributed by atoms with van der Waals surface area (Å²) < 4.78 is 0. The largest absolute Gasteiger partial charge is 0.287 e. The van der Waals surface area contributed by atoms with E-state index >= 15 is 0 Å². The maximum atomic E-state index is 8.53. The molecule has 1 rings (SSSR count). The van der Waals surface area contributed by atoms with E-state index in [4.69, 9.17) is 5.26 Å². The highest BCUT2D eigenvalue weighted by Crippen LogP contribution is 2.25. The van der Waals surface area contributed by atoms with Gasteiger partial charge in [-0.25, -0.2) is 0 Å². The number of rotatable bonds is 2. The van der Waals surface area contributed by atoms with E-state index in [-0.39, 0.29) is 0 Å². The summed E-state index contributed by atoms with van der Waals surface area (Å²) in [7, 11) is 0. The average molecular weight is 152 g/mol. The monoisotopic (exact) mass is 152 g/mol. The average Bonchev–Trinajstić information content (AvgIpc) is 2.33. The van der Waals surface area contributed by atoms with Crippen LogP contribution in [0.15, 0.2) is 0 Å². The predicted octanol–water partition coefficient (Wildman–Crippen LogP) is 1.63. The minimum absolute atomic E-state index is 0.614. The second kappa shape index (κ2) is 3.73. The molecule has 2 atom stereocenters. The number of likely N-dealkylation sites (tertiary alicyclic amines) is 1. The molecule has 0 spiro atoms. The van der Waals surface area contributed by atoms with E-state index in [1.807, 2.05) is 0 Å². The van der Waals surface area contributed by atoms with Crippen molar-refractivity contribution >= 4 is 0 Å². The van der Waals surface area contributed by atoms with E-state index in [2.05, 4.69) is 24.8 Å². The van der Waals surface area contributed by atoms with Gasteiger partial charge in [0, 0.05) is 6.04 Å². The Morgan fingerprint density at radius 3 is 2.91 bits per heavy atom. The highest BCUT2D eigenvalue weighted by atomic mass is 15.2. The first-order valence-corrected chi connectivity index (χ1v) is 4.40. The molecule has 2 heteroatoms. The first-order valence-electron chi connectivity index (χ1n) is 4.40. The van der Waals surface area contributed by atoms with Gasteiger partial charge in [-0.2, -0.15) is 5.26 Å². The molecule has 0 radical (unpaired) electrons. The van der Waals surface area contributed by atoms with Crippen molar-refractivity contribution in [2.75, 3.05) is 13.1 Å². The smallest absolute Gasteiger partial charge is 0.0868 e. The van der Waals surface area contributed by atoms with Crippen LogP contribution in [0.4, 0.5) is 0 Å². The van der Waals surface area contributed by atoms with Gasteiger partial charge in [-0.05, 0) is 25.3 Å². The molecule has 0 amide bonds. The molecule has 0 aromatic heterocycles. The second-order valence-electron chi connectivity index (χ2n) is 3.37. The molecule has 0 saturated carbocycles. The van der Waals surface area contributed by atoms with Gasteiger partial charge >= 0.3 is 0 Å². The van der Waals surface area contributed by atoms with Gasteiger partial charge in [0.2, 0.25) is 0 Å². The van der Waals surface area contributed by atoms with Crippen molar-refractivity contribution in [3.63, 3.8) is 0 Å². The standard InChI is InChI=1S/C9H16N2/c1-3-9-8(2)4-6-11(9)7-5-10/h8-9H,3-4,6-7H2,1-2H3. The van der Waals surface area contributed by atoms with Crippen LogP contribution in [0, 0.1) is 17.2 Å². The third-order valence-corrected chi connectivity index (χ3v) is 2.69. The molecule has 62 valence electrons. The van der Waals surface area contributed by atoms with Gasteiger partial charge in [0.25, 0.3) is 0 Å². The maximum absolute atomic E-state index is 8.53. The van der Waals surface area contributed by atoms with Crippen molar-refractivity contribution in [3.8, 4) is 6.07 Å². The van der Waals surface area contributed by atoms with Crippen LogP contribution in [0.2, 0.25) is 0 Å². The number of nitrogens with zero attached hydrogens (tertiary/aromatic N) is 2. The first kappa shape index (κ1) is 8.55. The molecular formula is C9H16N2. The van der Waals surface area contributed by atoms with Crippen molar-refractivity contribution in [3.05, 3.63) is 0 Å². The van der Waals surface area contributed by atoms with Gasteiger partial charge in [-0.1, -0.05) is 13.8 Å². The molecule has 2 nitrogen and oxygen atoms in total. The summed E-state index contributed by atoms with van der Waals surface area (Å²) in [4.78, 5) is 2.30. The van der Waals surface area contributed by atoms with Gasteiger partial charge in [0.15, 0.2) is 0 Å². The Labute approximate surface area is 68.8 Å². The van der Waals surface area contributed by atoms with Gasteiger partial charge in [0.1, 0.15) is 0 Å². The highest BCUT2D eigenvalue weighted by molar-refractivity contribution is 4.88. The Hall–Kier alpha value is -0.550. The molecule has 1 fully saturated rings. The van der Waals surface area contributed by atoms with E-state index in [1.54, 1.807) is 0 Å². The zero-order valence-electron chi connectivity index (χ0n) is 7.38. The quantitative estimate of drug-likeness (QED) is 0.562. The molecule has 0 bridgehead atoms. The van der Waals surface area contributed by atoms with Crippen LogP contribution in [0.5, 0.6) is 0 Å². The number of hydrogen-bond donors (Lipinski definition) is 0. The molecule has 0 aliphatic carbocycles. The van der Waals surface area contributed by atoms with Gasteiger partial charge in [-0.3, -0.25) is 4.90 Å². The van der Waals surface area contributed by atoms with Gasteiger partial charge in [0.05, 0.1) is 12.6 Å². The number of nitriles is 1. The van der Waals surface area contributed by atoms with Crippen LogP contribution in [-0.4, -0.2) is 24.0 Å². The summed E-state index contributed by atoms with van der Waals surface area (Å²) in [6.07, 6.45) is 2.45. The van der Waals surface area contributed by atoms with Crippen LogP contribution >= 0.6 is 0 Å². The predicted molar refractivity (Wildman–Crippen MR) is 45.0 cm³/mol. The molecule has 1 aliphatic rings. The van der Waals surface area contributed by atoms with Crippen molar-refractivity contribution in [2.24, 2.45) is 5.92 Å². The normalized spacial score (nSPS) is 32.1. The minimum Gasteiger partial charge on any atom is -0.287 e. The molecule has 0 aromatic rings. The van der Waals surface area contributed by atoms with Crippen LogP contribution in [0.3, 0.4) is 0 Å². The van der Waals surface area contributed by atoms with E-state index in [0.29, 0.717) is 12.6 Å². The zero-order chi connectivity index (χ0) is 8.27. The van der Waals surface area contributed by atoms with Crippen molar-refractivity contribution < 1.29 is 0 Å². The fraction of sp³-hybridized carbons (Fsp3) is 0.889. The summed E-state index contributed by atoms with van der Waals surface area (Å²) in [6, 6.07) is 2.88. The van der Waals surface area contributed by atoms with E-state index in [0.717, 1.165) is 12.5 Å². The zero-order valence-corrected chi connectivity index (χ0v) is 7.38. The van der Waals surface area contributed by atoms with Crippen LogP contribution in [0.25, 0.3) is 0 Å².